The normalized spacial score (nSPS) is 10.6. The molecule has 0 aliphatic heterocycles. The maximum absolute atomic E-state index is 5.72. The first-order valence-electron chi connectivity index (χ1n) is 8.29. The second kappa shape index (κ2) is 9.09. The molecule has 2 aromatic rings. The zero-order valence-corrected chi connectivity index (χ0v) is 14.3. The summed E-state index contributed by atoms with van der Waals surface area (Å²) in [5, 5.41) is 3.35. The Kier molecular flexibility index (Phi) is 6.79. The van der Waals surface area contributed by atoms with Gasteiger partial charge in [0.2, 0.25) is 0 Å². The van der Waals surface area contributed by atoms with Gasteiger partial charge >= 0.3 is 0 Å². The lowest BCUT2D eigenvalue weighted by Gasteiger charge is -2.11. The number of rotatable bonds is 9. The van der Waals surface area contributed by atoms with Gasteiger partial charge in [-0.3, -0.25) is 0 Å². The van der Waals surface area contributed by atoms with E-state index in [-0.39, 0.29) is 0 Å². The summed E-state index contributed by atoms with van der Waals surface area (Å²) in [4.78, 5) is 0. The van der Waals surface area contributed by atoms with Gasteiger partial charge in [-0.2, -0.15) is 0 Å². The van der Waals surface area contributed by atoms with Crippen LogP contribution in [0.1, 0.15) is 25.8 Å². The zero-order valence-electron chi connectivity index (χ0n) is 14.3. The largest absolute Gasteiger partial charge is 0.494 e. The summed E-state index contributed by atoms with van der Waals surface area (Å²) in [6.45, 7) is 8.65. The minimum atomic E-state index is 0.635. The predicted molar refractivity (Wildman–Crippen MR) is 96.6 cm³/mol. The Bertz CT molecular complexity index is 578. The van der Waals surface area contributed by atoms with Crippen LogP contribution >= 0.6 is 0 Å². The van der Waals surface area contributed by atoms with Crippen LogP contribution in [0.3, 0.4) is 0 Å². The van der Waals surface area contributed by atoms with Gasteiger partial charge in [-0.25, -0.2) is 0 Å². The van der Waals surface area contributed by atoms with E-state index in [1.165, 1.54) is 5.56 Å². The van der Waals surface area contributed by atoms with Crippen LogP contribution < -0.4 is 14.8 Å². The van der Waals surface area contributed by atoms with Gasteiger partial charge in [0.1, 0.15) is 18.1 Å². The van der Waals surface area contributed by atoms with Crippen molar-refractivity contribution in [2.75, 3.05) is 25.1 Å². The van der Waals surface area contributed by atoms with Crippen molar-refractivity contribution < 1.29 is 9.47 Å². The molecule has 0 aromatic heterocycles. The Morgan fingerprint density at radius 1 is 0.913 bits per heavy atom. The molecule has 1 N–H and O–H groups in total. The number of aryl methyl sites for hydroxylation is 1. The number of anilines is 1. The number of ether oxygens (including phenoxy) is 2. The van der Waals surface area contributed by atoms with Crippen molar-refractivity contribution in [3.8, 4) is 11.5 Å². The van der Waals surface area contributed by atoms with Crippen LogP contribution in [0.5, 0.6) is 11.5 Å². The highest BCUT2D eigenvalue weighted by Crippen LogP contribution is 2.16. The molecule has 0 aliphatic carbocycles. The number of nitrogens with one attached hydrogen (secondary N) is 1. The molecule has 2 aromatic carbocycles. The minimum Gasteiger partial charge on any atom is -0.494 e. The summed E-state index contributed by atoms with van der Waals surface area (Å²) >= 11 is 0. The summed E-state index contributed by atoms with van der Waals surface area (Å²) in [6.07, 6.45) is 1.08. The molecule has 0 saturated carbocycles. The van der Waals surface area contributed by atoms with Crippen LogP contribution in [-0.2, 0) is 0 Å². The fraction of sp³-hybridized carbons (Fsp3) is 0.400. The maximum atomic E-state index is 5.72. The van der Waals surface area contributed by atoms with E-state index in [1.807, 2.05) is 42.5 Å². The van der Waals surface area contributed by atoms with Gasteiger partial charge < -0.3 is 14.8 Å². The average Bonchev–Trinajstić information content (AvgIpc) is 2.53. The molecule has 2 rings (SSSR count). The third-order valence-corrected chi connectivity index (χ3v) is 3.51. The van der Waals surface area contributed by atoms with E-state index < -0.39 is 0 Å². The first kappa shape index (κ1) is 17.2. The number of benzene rings is 2. The molecule has 0 radical (unpaired) electrons. The van der Waals surface area contributed by atoms with Crippen molar-refractivity contribution in [2.24, 2.45) is 5.92 Å². The molecule has 0 amide bonds. The Morgan fingerprint density at radius 3 is 2.35 bits per heavy atom. The monoisotopic (exact) mass is 313 g/mol. The second-order valence-corrected chi connectivity index (χ2v) is 6.15. The molecule has 0 aliphatic rings. The van der Waals surface area contributed by atoms with E-state index in [0.29, 0.717) is 12.5 Å². The zero-order chi connectivity index (χ0) is 16.5. The molecule has 3 nitrogen and oxygen atoms in total. The molecular weight excluding hydrogens is 286 g/mol. The van der Waals surface area contributed by atoms with E-state index >= 15 is 0 Å². The highest BCUT2D eigenvalue weighted by molar-refractivity contribution is 5.46. The van der Waals surface area contributed by atoms with Crippen LogP contribution in [-0.4, -0.2) is 19.8 Å². The first-order chi connectivity index (χ1) is 11.1. The summed E-state index contributed by atoms with van der Waals surface area (Å²) in [5.41, 5.74) is 2.29. The number of hydrogen-bond acceptors (Lipinski definition) is 3. The molecule has 0 fully saturated rings. The fourth-order valence-electron chi connectivity index (χ4n) is 2.15. The topological polar surface area (TPSA) is 30.5 Å². The summed E-state index contributed by atoms with van der Waals surface area (Å²) in [5.74, 6) is 2.51. The fourth-order valence-corrected chi connectivity index (χ4v) is 2.15. The molecule has 0 atom stereocenters. The third kappa shape index (κ3) is 6.64. The highest BCUT2D eigenvalue weighted by atomic mass is 16.5. The van der Waals surface area contributed by atoms with Crippen molar-refractivity contribution in [1.29, 1.82) is 0 Å². The molecule has 0 spiro atoms. The molecule has 0 unspecified atom stereocenters. The predicted octanol–water partition coefficient (Wildman–Crippen LogP) is 4.91. The molecule has 0 heterocycles. The lowest BCUT2D eigenvalue weighted by molar-refractivity contribution is 0.289. The SMILES string of the molecule is Cc1cccc(OCCNc2ccc(OCCC(C)C)cc2)c1. The molecule has 3 heteroatoms. The van der Waals surface area contributed by atoms with Gasteiger partial charge in [-0.05, 0) is 61.2 Å². The summed E-state index contributed by atoms with van der Waals surface area (Å²) in [7, 11) is 0. The Labute approximate surface area is 139 Å². The van der Waals surface area contributed by atoms with Crippen molar-refractivity contribution in [1.82, 2.24) is 0 Å². The lowest BCUT2D eigenvalue weighted by atomic mass is 10.1. The van der Waals surface area contributed by atoms with Gasteiger partial charge in [-0.1, -0.05) is 26.0 Å². The van der Waals surface area contributed by atoms with Crippen molar-refractivity contribution in [3.63, 3.8) is 0 Å². The van der Waals surface area contributed by atoms with Crippen LogP contribution in [0.2, 0.25) is 0 Å². The third-order valence-electron chi connectivity index (χ3n) is 3.51. The van der Waals surface area contributed by atoms with Crippen molar-refractivity contribution in [2.45, 2.75) is 27.2 Å². The molecule has 124 valence electrons. The minimum absolute atomic E-state index is 0.635. The standard InChI is InChI=1S/C20H27NO2/c1-16(2)11-13-22-19-9-7-18(8-10-19)21-12-14-23-20-6-4-5-17(3)15-20/h4-10,15-16,21H,11-14H2,1-3H3. The quantitative estimate of drug-likeness (QED) is 0.667. The average molecular weight is 313 g/mol. The van der Waals surface area contributed by atoms with Gasteiger partial charge in [0.05, 0.1) is 6.61 Å². The van der Waals surface area contributed by atoms with E-state index in [2.05, 4.69) is 32.2 Å². The van der Waals surface area contributed by atoms with E-state index in [0.717, 1.165) is 36.8 Å². The number of hydrogen-bond donors (Lipinski definition) is 1. The molecular formula is C20H27NO2. The second-order valence-electron chi connectivity index (χ2n) is 6.15. The van der Waals surface area contributed by atoms with Crippen molar-refractivity contribution >= 4 is 5.69 Å². The van der Waals surface area contributed by atoms with E-state index in [9.17, 15) is 0 Å². The first-order valence-corrected chi connectivity index (χ1v) is 8.29. The lowest BCUT2D eigenvalue weighted by Crippen LogP contribution is -2.11. The maximum Gasteiger partial charge on any atom is 0.119 e. The van der Waals surface area contributed by atoms with E-state index in [1.54, 1.807) is 0 Å². The Balaban J connectivity index is 1.67. The Morgan fingerprint density at radius 2 is 1.65 bits per heavy atom. The molecule has 0 bridgehead atoms. The van der Waals surface area contributed by atoms with Crippen molar-refractivity contribution in [3.05, 3.63) is 54.1 Å². The Hall–Kier alpha value is -2.16. The van der Waals surface area contributed by atoms with Crippen LogP contribution in [0.15, 0.2) is 48.5 Å². The van der Waals surface area contributed by atoms with Gasteiger partial charge in [0.25, 0.3) is 0 Å². The van der Waals surface area contributed by atoms with Gasteiger partial charge in [0, 0.05) is 12.2 Å². The van der Waals surface area contributed by atoms with Crippen LogP contribution in [0, 0.1) is 12.8 Å². The van der Waals surface area contributed by atoms with Gasteiger partial charge in [0.15, 0.2) is 0 Å². The smallest absolute Gasteiger partial charge is 0.119 e. The molecule has 23 heavy (non-hydrogen) atoms. The molecule has 0 saturated heterocycles. The van der Waals surface area contributed by atoms with E-state index in [4.69, 9.17) is 9.47 Å². The summed E-state index contributed by atoms with van der Waals surface area (Å²) in [6, 6.07) is 16.2. The highest BCUT2D eigenvalue weighted by Gasteiger charge is 1.98. The van der Waals surface area contributed by atoms with Crippen LogP contribution in [0.4, 0.5) is 5.69 Å². The summed E-state index contributed by atoms with van der Waals surface area (Å²) < 4.78 is 11.4. The van der Waals surface area contributed by atoms with Crippen LogP contribution in [0.25, 0.3) is 0 Å². The van der Waals surface area contributed by atoms with Gasteiger partial charge in [-0.15, -0.1) is 0 Å².